The van der Waals surface area contributed by atoms with Crippen LogP contribution in [-0.2, 0) is 14.3 Å². The molecule has 0 bridgehead atoms. The molecule has 0 aromatic heterocycles. The third-order valence-electron chi connectivity index (χ3n) is 2.18. The molecule has 12 heavy (non-hydrogen) atoms. The topological polar surface area (TPSA) is 47.6 Å². The average molecular weight is 173 g/mol. The minimum Gasteiger partial charge on any atom is -0.465 e. The molecular formula is C8H15NO3. The van der Waals surface area contributed by atoms with Gasteiger partial charge in [0.15, 0.2) is 0 Å². The van der Waals surface area contributed by atoms with Gasteiger partial charge in [-0.1, -0.05) is 0 Å². The summed E-state index contributed by atoms with van der Waals surface area (Å²) in [4.78, 5) is 11.3. The Hall–Kier alpha value is -0.610. The number of rotatable bonds is 4. The molecule has 0 spiro atoms. The summed E-state index contributed by atoms with van der Waals surface area (Å²) in [7, 11) is 3.42. The summed E-state index contributed by atoms with van der Waals surface area (Å²) in [5, 5.41) is 2.98. The van der Waals surface area contributed by atoms with Gasteiger partial charge in [-0.15, -0.1) is 0 Å². The second kappa shape index (κ2) is 3.87. The molecule has 0 unspecified atom stereocenters. The number of nitrogens with one attached hydrogen (secondary N) is 1. The largest absolute Gasteiger partial charge is 0.465 e. The lowest BCUT2D eigenvalue weighted by Crippen LogP contribution is -2.40. The number of hydrogen-bond acceptors (Lipinski definition) is 4. The summed E-state index contributed by atoms with van der Waals surface area (Å²) in [5.41, 5.74) is -0.441. The highest BCUT2D eigenvalue weighted by Crippen LogP contribution is 2.29. The van der Waals surface area contributed by atoms with Crippen molar-refractivity contribution in [2.45, 2.75) is 6.42 Å². The van der Waals surface area contributed by atoms with E-state index in [2.05, 4.69) is 5.32 Å². The fourth-order valence-corrected chi connectivity index (χ4v) is 1.55. The maximum atomic E-state index is 11.3. The standard InChI is InChI=1S/C8H15NO3/c1-9-5-8(6-11-2)3-4-12-7(8)10/h9H,3-6H2,1-2H3/t8-/m0/s1. The van der Waals surface area contributed by atoms with E-state index in [0.717, 1.165) is 6.42 Å². The first-order valence-corrected chi connectivity index (χ1v) is 4.06. The molecule has 0 aliphatic carbocycles. The number of cyclic esters (lactones) is 1. The van der Waals surface area contributed by atoms with Crippen LogP contribution in [0.5, 0.6) is 0 Å². The fourth-order valence-electron chi connectivity index (χ4n) is 1.55. The quantitative estimate of drug-likeness (QED) is 0.597. The van der Waals surface area contributed by atoms with E-state index in [9.17, 15) is 4.79 Å². The second-order valence-electron chi connectivity index (χ2n) is 3.13. The summed E-state index contributed by atoms with van der Waals surface area (Å²) in [6, 6.07) is 0. The lowest BCUT2D eigenvalue weighted by Gasteiger charge is -2.22. The predicted molar refractivity (Wildman–Crippen MR) is 43.8 cm³/mol. The van der Waals surface area contributed by atoms with Gasteiger partial charge in [-0.05, 0) is 7.05 Å². The molecule has 1 aliphatic rings. The van der Waals surface area contributed by atoms with Gasteiger partial charge in [0.25, 0.3) is 0 Å². The van der Waals surface area contributed by atoms with Crippen molar-refractivity contribution in [1.82, 2.24) is 5.32 Å². The van der Waals surface area contributed by atoms with Crippen molar-refractivity contribution in [2.75, 3.05) is 33.9 Å². The van der Waals surface area contributed by atoms with Crippen LogP contribution >= 0.6 is 0 Å². The van der Waals surface area contributed by atoms with E-state index >= 15 is 0 Å². The van der Waals surface area contributed by atoms with Crippen molar-refractivity contribution in [3.8, 4) is 0 Å². The van der Waals surface area contributed by atoms with Crippen LogP contribution in [-0.4, -0.2) is 39.9 Å². The van der Waals surface area contributed by atoms with Gasteiger partial charge >= 0.3 is 5.97 Å². The van der Waals surface area contributed by atoms with Crippen molar-refractivity contribution in [3.63, 3.8) is 0 Å². The summed E-state index contributed by atoms with van der Waals surface area (Å²) >= 11 is 0. The molecule has 4 nitrogen and oxygen atoms in total. The zero-order valence-corrected chi connectivity index (χ0v) is 7.55. The molecule has 1 saturated heterocycles. The molecule has 1 heterocycles. The fraction of sp³-hybridized carbons (Fsp3) is 0.875. The van der Waals surface area contributed by atoms with Crippen LogP contribution in [0.25, 0.3) is 0 Å². The Labute approximate surface area is 72.2 Å². The third kappa shape index (κ3) is 1.59. The van der Waals surface area contributed by atoms with Gasteiger partial charge in [-0.25, -0.2) is 0 Å². The number of ether oxygens (including phenoxy) is 2. The molecular weight excluding hydrogens is 158 g/mol. The van der Waals surface area contributed by atoms with Crippen LogP contribution in [0.3, 0.4) is 0 Å². The van der Waals surface area contributed by atoms with Crippen molar-refractivity contribution in [3.05, 3.63) is 0 Å². The monoisotopic (exact) mass is 173 g/mol. The van der Waals surface area contributed by atoms with Gasteiger partial charge in [-0.3, -0.25) is 4.79 Å². The first-order chi connectivity index (χ1) is 5.75. The third-order valence-corrected chi connectivity index (χ3v) is 2.18. The van der Waals surface area contributed by atoms with Crippen molar-refractivity contribution in [1.29, 1.82) is 0 Å². The van der Waals surface area contributed by atoms with E-state index in [4.69, 9.17) is 9.47 Å². The van der Waals surface area contributed by atoms with Gasteiger partial charge in [0.1, 0.15) is 5.41 Å². The molecule has 1 N–H and O–H groups in total. The summed E-state index contributed by atoms with van der Waals surface area (Å²) in [5.74, 6) is -0.140. The van der Waals surface area contributed by atoms with Crippen LogP contribution in [0.1, 0.15) is 6.42 Å². The molecule has 4 heteroatoms. The highest BCUT2D eigenvalue weighted by Gasteiger charge is 2.44. The number of methoxy groups -OCH3 is 1. The first kappa shape index (κ1) is 9.48. The zero-order chi connectivity index (χ0) is 9.03. The molecule has 1 aliphatic heterocycles. The smallest absolute Gasteiger partial charge is 0.315 e. The maximum absolute atomic E-state index is 11.3. The Bertz CT molecular complexity index is 164. The lowest BCUT2D eigenvalue weighted by molar-refractivity contribution is -0.148. The van der Waals surface area contributed by atoms with Gasteiger partial charge in [-0.2, -0.15) is 0 Å². The first-order valence-electron chi connectivity index (χ1n) is 4.06. The van der Waals surface area contributed by atoms with Crippen LogP contribution in [0.4, 0.5) is 0 Å². The van der Waals surface area contributed by atoms with E-state index in [-0.39, 0.29) is 5.97 Å². The zero-order valence-electron chi connectivity index (χ0n) is 7.55. The van der Waals surface area contributed by atoms with E-state index in [1.165, 1.54) is 0 Å². The van der Waals surface area contributed by atoms with Gasteiger partial charge in [0, 0.05) is 20.1 Å². The van der Waals surface area contributed by atoms with Crippen LogP contribution in [0.15, 0.2) is 0 Å². The van der Waals surface area contributed by atoms with Gasteiger partial charge < -0.3 is 14.8 Å². The Morgan fingerprint density at radius 1 is 1.75 bits per heavy atom. The number of carbonyl (C=O) groups excluding carboxylic acids is 1. The maximum Gasteiger partial charge on any atom is 0.315 e. The van der Waals surface area contributed by atoms with Crippen molar-refractivity contribution >= 4 is 5.97 Å². The summed E-state index contributed by atoms with van der Waals surface area (Å²) < 4.78 is 9.93. The molecule has 1 fully saturated rings. The Morgan fingerprint density at radius 2 is 2.50 bits per heavy atom. The van der Waals surface area contributed by atoms with Crippen molar-refractivity contribution < 1.29 is 14.3 Å². The van der Waals surface area contributed by atoms with Crippen LogP contribution < -0.4 is 5.32 Å². The minimum absolute atomic E-state index is 0.140. The number of hydrogen-bond donors (Lipinski definition) is 1. The van der Waals surface area contributed by atoms with Gasteiger partial charge in [0.2, 0.25) is 0 Å². The lowest BCUT2D eigenvalue weighted by atomic mass is 9.87. The highest BCUT2D eigenvalue weighted by molar-refractivity contribution is 5.79. The van der Waals surface area contributed by atoms with Crippen LogP contribution in [0.2, 0.25) is 0 Å². The molecule has 0 aromatic carbocycles. The normalized spacial score (nSPS) is 29.0. The molecule has 70 valence electrons. The number of esters is 1. The molecule has 0 amide bonds. The minimum atomic E-state index is -0.441. The summed E-state index contributed by atoms with van der Waals surface area (Å²) in [6.45, 7) is 1.58. The van der Waals surface area contributed by atoms with E-state index in [1.807, 2.05) is 7.05 Å². The highest BCUT2D eigenvalue weighted by atomic mass is 16.5. The van der Waals surface area contributed by atoms with Gasteiger partial charge in [0.05, 0.1) is 13.2 Å². The molecule has 0 radical (unpaired) electrons. The van der Waals surface area contributed by atoms with E-state index in [1.54, 1.807) is 7.11 Å². The number of carbonyl (C=O) groups is 1. The second-order valence-corrected chi connectivity index (χ2v) is 3.13. The van der Waals surface area contributed by atoms with Crippen LogP contribution in [0, 0.1) is 5.41 Å². The molecule has 1 rings (SSSR count). The Balaban J connectivity index is 2.63. The van der Waals surface area contributed by atoms with E-state index in [0.29, 0.717) is 19.8 Å². The predicted octanol–water partition coefficient (Wildman–Crippen LogP) is -0.215. The average Bonchev–Trinajstić information content (AvgIpc) is 2.35. The molecule has 0 saturated carbocycles. The Morgan fingerprint density at radius 3 is 2.92 bits per heavy atom. The Kier molecular flexibility index (Phi) is 3.05. The molecule has 0 aromatic rings. The molecule has 1 atom stereocenters. The van der Waals surface area contributed by atoms with E-state index < -0.39 is 5.41 Å². The SMILES string of the molecule is CNC[C@]1(COC)CCOC1=O. The summed E-state index contributed by atoms with van der Waals surface area (Å²) in [6.07, 6.45) is 0.751. The van der Waals surface area contributed by atoms with Crippen molar-refractivity contribution in [2.24, 2.45) is 5.41 Å².